The third-order valence-electron chi connectivity index (χ3n) is 3.52. The lowest BCUT2D eigenvalue weighted by atomic mass is 10.1. The van der Waals surface area contributed by atoms with E-state index in [-0.39, 0.29) is 24.0 Å². The Balaban J connectivity index is 0.00000288. The molecule has 0 radical (unpaired) electrons. The summed E-state index contributed by atoms with van der Waals surface area (Å²) in [6.45, 7) is 7.60. The highest BCUT2D eigenvalue weighted by Crippen LogP contribution is 2.00. The maximum absolute atomic E-state index is 4.56. The first-order valence-corrected chi connectivity index (χ1v) is 7.72. The lowest BCUT2D eigenvalue weighted by Gasteiger charge is -2.11. The Hall–Kier alpha value is -1.90. The van der Waals surface area contributed by atoms with Crippen molar-refractivity contribution in [2.75, 3.05) is 13.1 Å². The normalized spacial score (nSPS) is 10.8. The largest absolute Gasteiger partial charge is 0.356 e. The minimum atomic E-state index is 0. The van der Waals surface area contributed by atoms with Crippen LogP contribution in [0.2, 0.25) is 0 Å². The molecule has 0 bridgehead atoms. The Morgan fingerprint density at radius 3 is 2.62 bits per heavy atom. The fraction of sp³-hybridized carbons (Fsp3) is 0.353. The van der Waals surface area contributed by atoms with Crippen molar-refractivity contribution in [1.29, 1.82) is 0 Å². The molecule has 1 aromatic carbocycles. The van der Waals surface area contributed by atoms with E-state index in [2.05, 4.69) is 56.7 Å². The van der Waals surface area contributed by atoms with Gasteiger partial charge in [0.05, 0.1) is 0 Å². The quantitative estimate of drug-likeness (QED) is 0.300. The molecule has 0 aliphatic rings. The molecule has 0 saturated carbocycles. The van der Waals surface area contributed by atoms with E-state index in [1.165, 1.54) is 5.56 Å². The third kappa shape index (κ3) is 6.31. The highest BCUT2D eigenvalue weighted by molar-refractivity contribution is 14.0. The summed E-state index contributed by atoms with van der Waals surface area (Å²) in [6.07, 6.45) is 2.75. The van der Waals surface area contributed by atoms with Crippen molar-refractivity contribution >= 4 is 29.9 Å². The molecule has 0 aliphatic heterocycles. The summed E-state index contributed by atoms with van der Waals surface area (Å²) in [4.78, 5) is 4.56. The number of nitrogens with one attached hydrogen (secondary N) is 2. The van der Waals surface area contributed by atoms with E-state index in [9.17, 15) is 0 Å². The fourth-order valence-electron chi connectivity index (χ4n) is 2.05. The van der Waals surface area contributed by atoms with E-state index in [1.807, 2.05) is 24.6 Å². The van der Waals surface area contributed by atoms with Gasteiger partial charge in [-0.3, -0.25) is 0 Å². The molecule has 0 atom stereocenters. The molecule has 0 spiro atoms. The molecule has 0 saturated heterocycles. The smallest absolute Gasteiger partial charge is 0.191 e. The van der Waals surface area contributed by atoms with Crippen molar-refractivity contribution < 1.29 is 0 Å². The van der Waals surface area contributed by atoms with Crippen LogP contribution in [0.3, 0.4) is 0 Å². The first kappa shape index (κ1) is 20.1. The van der Waals surface area contributed by atoms with E-state index >= 15 is 0 Å². The Bertz CT molecular complexity index is 650. The van der Waals surface area contributed by atoms with Crippen molar-refractivity contribution in [1.82, 2.24) is 25.4 Å². The van der Waals surface area contributed by atoms with Gasteiger partial charge in [0.2, 0.25) is 0 Å². The number of halogens is 1. The van der Waals surface area contributed by atoms with Crippen molar-refractivity contribution in [3.05, 3.63) is 60.2 Å². The molecule has 24 heavy (non-hydrogen) atoms. The summed E-state index contributed by atoms with van der Waals surface area (Å²) in [5, 5.41) is 14.7. The number of benzene rings is 1. The molecular weight excluding hydrogens is 415 g/mol. The maximum atomic E-state index is 4.56. The van der Waals surface area contributed by atoms with E-state index in [1.54, 1.807) is 6.08 Å². The van der Waals surface area contributed by atoms with E-state index < -0.39 is 0 Å². The lowest BCUT2D eigenvalue weighted by Crippen LogP contribution is -2.38. The SMILES string of the molecule is C=CCNC(=NCc1nnc(C)n1C)NCCc1ccccc1.I. The third-order valence-corrected chi connectivity index (χ3v) is 3.52. The van der Waals surface area contributed by atoms with E-state index in [0.717, 1.165) is 30.6 Å². The molecule has 130 valence electrons. The highest BCUT2D eigenvalue weighted by atomic mass is 127. The van der Waals surface area contributed by atoms with Gasteiger partial charge in [0.1, 0.15) is 12.4 Å². The number of hydrogen-bond acceptors (Lipinski definition) is 3. The van der Waals surface area contributed by atoms with Gasteiger partial charge in [0.15, 0.2) is 11.8 Å². The minimum absolute atomic E-state index is 0. The van der Waals surface area contributed by atoms with Crippen LogP contribution in [0.15, 0.2) is 48.0 Å². The Kier molecular flexibility index (Phi) is 9.06. The summed E-state index contributed by atoms with van der Waals surface area (Å²) in [5.74, 6) is 2.47. The van der Waals surface area contributed by atoms with Crippen LogP contribution in [-0.4, -0.2) is 33.8 Å². The van der Waals surface area contributed by atoms with Gasteiger partial charge in [0, 0.05) is 20.1 Å². The summed E-state index contributed by atoms with van der Waals surface area (Å²) in [5.41, 5.74) is 1.30. The molecule has 0 fully saturated rings. The van der Waals surface area contributed by atoms with Crippen LogP contribution in [0.25, 0.3) is 0 Å². The number of hydrogen-bond donors (Lipinski definition) is 2. The zero-order valence-corrected chi connectivity index (χ0v) is 16.5. The average Bonchev–Trinajstić information content (AvgIpc) is 2.89. The first-order chi connectivity index (χ1) is 11.2. The molecular formula is C17H25IN6. The van der Waals surface area contributed by atoms with Crippen LogP contribution in [0.5, 0.6) is 0 Å². The van der Waals surface area contributed by atoms with Crippen LogP contribution >= 0.6 is 24.0 Å². The van der Waals surface area contributed by atoms with Gasteiger partial charge >= 0.3 is 0 Å². The molecule has 6 nitrogen and oxygen atoms in total. The molecule has 1 heterocycles. The second kappa shape index (κ2) is 10.8. The summed E-state index contributed by atoms with van der Waals surface area (Å²) in [7, 11) is 1.94. The van der Waals surface area contributed by atoms with Crippen LogP contribution in [0.1, 0.15) is 17.2 Å². The molecule has 2 aromatic rings. The average molecular weight is 440 g/mol. The molecule has 0 aliphatic carbocycles. The van der Waals surface area contributed by atoms with Gasteiger partial charge in [0.25, 0.3) is 0 Å². The minimum Gasteiger partial charge on any atom is -0.356 e. The molecule has 1 aromatic heterocycles. The van der Waals surface area contributed by atoms with Crippen molar-refractivity contribution in [3.8, 4) is 0 Å². The molecule has 2 N–H and O–H groups in total. The summed E-state index contributed by atoms with van der Waals surface area (Å²) < 4.78 is 1.94. The van der Waals surface area contributed by atoms with Gasteiger partial charge in [-0.1, -0.05) is 36.4 Å². The van der Waals surface area contributed by atoms with Crippen LogP contribution in [0, 0.1) is 6.92 Å². The number of aromatic nitrogens is 3. The number of guanidine groups is 1. The van der Waals surface area contributed by atoms with E-state index in [0.29, 0.717) is 13.1 Å². The Morgan fingerprint density at radius 2 is 2.00 bits per heavy atom. The summed E-state index contributed by atoms with van der Waals surface area (Å²) in [6, 6.07) is 10.4. The van der Waals surface area contributed by atoms with Crippen LogP contribution in [0.4, 0.5) is 0 Å². The van der Waals surface area contributed by atoms with Crippen LogP contribution in [-0.2, 0) is 20.0 Å². The topological polar surface area (TPSA) is 67.1 Å². The Morgan fingerprint density at radius 1 is 1.25 bits per heavy atom. The van der Waals surface area contributed by atoms with Crippen molar-refractivity contribution in [2.45, 2.75) is 19.9 Å². The fourth-order valence-corrected chi connectivity index (χ4v) is 2.05. The lowest BCUT2D eigenvalue weighted by molar-refractivity contribution is 0.757. The maximum Gasteiger partial charge on any atom is 0.191 e. The van der Waals surface area contributed by atoms with Gasteiger partial charge < -0.3 is 15.2 Å². The zero-order chi connectivity index (χ0) is 16.5. The summed E-state index contributed by atoms with van der Waals surface area (Å²) >= 11 is 0. The second-order valence-corrected chi connectivity index (χ2v) is 5.22. The number of aliphatic imine (C=N–C) groups is 1. The predicted octanol–water partition coefficient (Wildman–Crippen LogP) is 2.21. The van der Waals surface area contributed by atoms with Gasteiger partial charge in [-0.15, -0.1) is 40.8 Å². The van der Waals surface area contributed by atoms with E-state index in [4.69, 9.17) is 0 Å². The number of rotatable bonds is 7. The standard InChI is InChI=1S/C17H24N6.HI/c1-4-11-18-17(19-12-10-15-8-6-5-7-9-15)20-13-16-22-21-14(2)23(16)3;/h4-9H,1,10-13H2,2-3H3,(H2,18,19,20);1H. The van der Waals surface area contributed by atoms with Gasteiger partial charge in [-0.2, -0.15) is 0 Å². The predicted molar refractivity (Wildman–Crippen MR) is 109 cm³/mol. The number of aryl methyl sites for hydroxylation is 1. The van der Waals surface area contributed by atoms with Crippen LogP contribution < -0.4 is 10.6 Å². The first-order valence-electron chi connectivity index (χ1n) is 7.72. The van der Waals surface area contributed by atoms with Crippen molar-refractivity contribution in [3.63, 3.8) is 0 Å². The Labute approximate surface area is 160 Å². The van der Waals surface area contributed by atoms with Crippen molar-refractivity contribution in [2.24, 2.45) is 12.0 Å². The highest BCUT2D eigenvalue weighted by Gasteiger charge is 2.04. The van der Waals surface area contributed by atoms with Gasteiger partial charge in [-0.05, 0) is 18.9 Å². The monoisotopic (exact) mass is 440 g/mol. The zero-order valence-electron chi connectivity index (χ0n) is 14.2. The van der Waals surface area contributed by atoms with Gasteiger partial charge in [-0.25, -0.2) is 4.99 Å². The molecule has 2 rings (SSSR count). The molecule has 7 heteroatoms. The molecule has 0 amide bonds. The number of nitrogens with zero attached hydrogens (tertiary/aromatic N) is 4. The molecule has 0 unspecified atom stereocenters. The second-order valence-electron chi connectivity index (χ2n) is 5.22.